The van der Waals surface area contributed by atoms with Crippen LogP contribution in [0.1, 0.15) is 18.4 Å². The molecule has 1 saturated carbocycles. The van der Waals surface area contributed by atoms with Crippen LogP contribution in [0.3, 0.4) is 0 Å². The van der Waals surface area contributed by atoms with Gasteiger partial charge in [0.05, 0.1) is 0 Å². The average molecular weight is 300 g/mol. The molecule has 1 aliphatic rings. The molecule has 0 radical (unpaired) electrons. The standard InChI is InChI=1S/C15H22ClNO3/c1-11-6-13(2-3-14(11)16)20-8-12(19)7-17-9-15(10-18)4-5-15/h2-3,6,12,17-19H,4-5,7-10H2,1H3. The average Bonchev–Trinajstić information content (AvgIpc) is 3.21. The van der Waals surface area contributed by atoms with Crippen LogP contribution in [0.5, 0.6) is 5.75 Å². The summed E-state index contributed by atoms with van der Waals surface area (Å²) in [4.78, 5) is 0. The van der Waals surface area contributed by atoms with Crippen LogP contribution in [-0.4, -0.2) is 42.6 Å². The minimum Gasteiger partial charge on any atom is -0.491 e. The van der Waals surface area contributed by atoms with Gasteiger partial charge in [0.2, 0.25) is 0 Å². The summed E-state index contributed by atoms with van der Waals surface area (Å²) in [6, 6.07) is 5.43. The summed E-state index contributed by atoms with van der Waals surface area (Å²) in [6.45, 7) is 3.59. The fourth-order valence-electron chi connectivity index (χ4n) is 2.03. The predicted molar refractivity (Wildman–Crippen MR) is 79.3 cm³/mol. The van der Waals surface area contributed by atoms with E-state index in [4.69, 9.17) is 16.3 Å². The van der Waals surface area contributed by atoms with Crippen molar-refractivity contribution in [3.63, 3.8) is 0 Å². The maximum atomic E-state index is 9.85. The van der Waals surface area contributed by atoms with Crippen molar-refractivity contribution < 1.29 is 14.9 Å². The summed E-state index contributed by atoms with van der Waals surface area (Å²) in [6.07, 6.45) is 1.56. The number of aliphatic hydroxyl groups excluding tert-OH is 2. The topological polar surface area (TPSA) is 61.7 Å². The Labute approximate surface area is 124 Å². The molecule has 1 aromatic rings. The minimum absolute atomic E-state index is 0.0634. The molecule has 112 valence electrons. The number of nitrogens with one attached hydrogen (secondary N) is 1. The number of hydrogen-bond acceptors (Lipinski definition) is 4. The number of hydrogen-bond donors (Lipinski definition) is 3. The van der Waals surface area contributed by atoms with Crippen LogP contribution < -0.4 is 10.1 Å². The van der Waals surface area contributed by atoms with Gasteiger partial charge >= 0.3 is 0 Å². The van der Waals surface area contributed by atoms with E-state index < -0.39 is 6.10 Å². The SMILES string of the molecule is Cc1cc(OCC(O)CNCC2(CO)CC2)ccc1Cl. The smallest absolute Gasteiger partial charge is 0.119 e. The van der Waals surface area contributed by atoms with Gasteiger partial charge in [-0.3, -0.25) is 0 Å². The number of aliphatic hydroxyl groups is 2. The van der Waals surface area contributed by atoms with Crippen molar-refractivity contribution >= 4 is 11.6 Å². The quantitative estimate of drug-likeness (QED) is 0.684. The van der Waals surface area contributed by atoms with E-state index in [9.17, 15) is 10.2 Å². The summed E-state index contributed by atoms with van der Waals surface area (Å²) in [7, 11) is 0. The van der Waals surface area contributed by atoms with Crippen molar-refractivity contribution in [3.05, 3.63) is 28.8 Å². The second-order valence-corrected chi connectivity index (χ2v) is 6.07. The van der Waals surface area contributed by atoms with E-state index >= 15 is 0 Å². The van der Waals surface area contributed by atoms with E-state index in [1.54, 1.807) is 12.1 Å². The largest absolute Gasteiger partial charge is 0.491 e. The van der Waals surface area contributed by atoms with Crippen molar-refractivity contribution in [2.75, 3.05) is 26.3 Å². The molecule has 1 aromatic carbocycles. The Kier molecular flexibility index (Phi) is 5.27. The first-order valence-electron chi connectivity index (χ1n) is 6.93. The van der Waals surface area contributed by atoms with Gasteiger partial charge in [-0.1, -0.05) is 11.6 Å². The monoisotopic (exact) mass is 299 g/mol. The van der Waals surface area contributed by atoms with Crippen LogP contribution in [0.25, 0.3) is 0 Å². The minimum atomic E-state index is -0.569. The van der Waals surface area contributed by atoms with E-state index in [0.29, 0.717) is 17.3 Å². The number of ether oxygens (including phenoxy) is 1. The van der Waals surface area contributed by atoms with Gasteiger partial charge < -0.3 is 20.3 Å². The lowest BCUT2D eigenvalue weighted by atomic mass is 10.1. The zero-order valence-electron chi connectivity index (χ0n) is 11.7. The Bertz CT molecular complexity index is 449. The lowest BCUT2D eigenvalue weighted by Crippen LogP contribution is -2.35. The third-order valence-electron chi connectivity index (χ3n) is 3.74. The molecule has 4 nitrogen and oxygen atoms in total. The van der Waals surface area contributed by atoms with Gasteiger partial charge in [0.1, 0.15) is 18.5 Å². The van der Waals surface area contributed by atoms with E-state index in [2.05, 4.69) is 5.32 Å². The molecular weight excluding hydrogens is 278 g/mol. The second-order valence-electron chi connectivity index (χ2n) is 5.66. The Hall–Kier alpha value is -0.810. The molecule has 0 spiro atoms. The van der Waals surface area contributed by atoms with Crippen molar-refractivity contribution in [2.24, 2.45) is 5.41 Å². The highest BCUT2D eigenvalue weighted by molar-refractivity contribution is 6.31. The van der Waals surface area contributed by atoms with E-state index in [-0.39, 0.29) is 18.6 Å². The molecule has 0 saturated heterocycles. The molecule has 20 heavy (non-hydrogen) atoms. The molecule has 2 rings (SSSR count). The summed E-state index contributed by atoms with van der Waals surface area (Å²) >= 11 is 5.94. The van der Waals surface area contributed by atoms with Crippen molar-refractivity contribution in [2.45, 2.75) is 25.9 Å². The molecule has 0 heterocycles. The normalized spacial score (nSPS) is 17.8. The van der Waals surface area contributed by atoms with Gasteiger partial charge in [-0.05, 0) is 43.5 Å². The summed E-state index contributed by atoms with van der Waals surface area (Å²) < 4.78 is 5.53. The van der Waals surface area contributed by atoms with E-state index in [1.165, 1.54) is 0 Å². The molecule has 1 unspecified atom stereocenters. The van der Waals surface area contributed by atoms with Crippen LogP contribution in [0.4, 0.5) is 0 Å². The molecule has 0 bridgehead atoms. The molecule has 5 heteroatoms. The molecule has 0 aromatic heterocycles. The summed E-state index contributed by atoms with van der Waals surface area (Å²) in [5, 5.41) is 22.9. The Morgan fingerprint density at radius 1 is 1.45 bits per heavy atom. The highest BCUT2D eigenvalue weighted by Gasteiger charge is 2.41. The highest BCUT2D eigenvalue weighted by atomic mass is 35.5. The maximum absolute atomic E-state index is 9.85. The molecule has 0 amide bonds. The second kappa shape index (κ2) is 6.76. The highest BCUT2D eigenvalue weighted by Crippen LogP contribution is 2.44. The van der Waals surface area contributed by atoms with Crippen LogP contribution in [0.15, 0.2) is 18.2 Å². The fourth-order valence-corrected chi connectivity index (χ4v) is 2.15. The van der Waals surface area contributed by atoms with Gasteiger partial charge in [0.15, 0.2) is 0 Å². The van der Waals surface area contributed by atoms with E-state index in [1.807, 2.05) is 13.0 Å². The van der Waals surface area contributed by atoms with Crippen LogP contribution in [-0.2, 0) is 0 Å². The Balaban J connectivity index is 1.66. The number of benzene rings is 1. The Morgan fingerprint density at radius 2 is 2.20 bits per heavy atom. The van der Waals surface area contributed by atoms with Gasteiger partial charge in [0, 0.05) is 30.1 Å². The Morgan fingerprint density at radius 3 is 2.80 bits per heavy atom. The lowest BCUT2D eigenvalue weighted by molar-refractivity contribution is 0.103. The zero-order valence-corrected chi connectivity index (χ0v) is 12.5. The van der Waals surface area contributed by atoms with Gasteiger partial charge in [-0.25, -0.2) is 0 Å². The molecule has 1 atom stereocenters. The van der Waals surface area contributed by atoms with Crippen molar-refractivity contribution in [1.82, 2.24) is 5.32 Å². The summed E-state index contributed by atoms with van der Waals surface area (Å²) in [5.41, 5.74) is 1.02. The van der Waals surface area contributed by atoms with Crippen molar-refractivity contribution in [3.8, 4) is 5.75 Å². The molecular formula is C15H22ClNO3. The zero-order chi connectivity index (χ0) is 14.6. The van der Waals surface area contributed by atoms with Gasteiger partial charge in [0.25, 0.3) is 0 Å². The number of halogens is 1. The first kappa shape index (κ1) is 15.6. The van der Waals surface area contributed by atoms with Gasteiger partial charge in [-0.2, -0.15) is 0 Å². The van der Waals surface area contributed by atoms with E-state index in [0.717, 1.165) is 24.9 Å². The molecule has 1 aliphatic carbocycles. The third kappa shape index (κ3) is 4.35. The van der Waals surface area contributed by atoms with Crippen LogP contribution >= 0.6 is 11.6 Å². The number of rotatable bonds is 8. The number of aryl methyl sites for hydroxylation is 1. The maximum Gasteiger partial charge on any atom is 0.119 e. The third-order valence-corrected chi connectivity index (χ3v) is 4.17. The fraction of sp³-hybridized carbons (Fsp3) is 0.600. The summed E-state index contributed by atoms with van der Waals surface area (Å²) in [5.74, 6) is 0.708. The molecule has 1 fully saturated rings. The molecule has 0 aliphatic heterocycles. The van der Waals surface area contributed by atoms with Crippen molar-refractivity contribution in [1.29, 1.82) is 0 Å². The van der Waals surface area contributed by atoms with Gasteiger partial charge in [-0.15, -0.1) is 0 Å². The lowest BCUT2D eigenvalue weighted by Gasteiger charge is -2.16. The van der Waals surface area contributed by atoms with Crippen LogP contribution in [0.2, 0.25) is 5.02 Å². The first-order valence-corrected chi connectivity index (χ1v) is 7.31. The molecule has 3 N–H and O–H groups in total. The first-order chi connectivity index (χ1) is 9.54. The predicted octanol–water partition coefficient (Wildman–Crippen LogP) is 1.75. The van der Waals surface area contributed by atoms with Crippen LogP contribution in [0, 0.1) is 12.3 Å².